The summed E-state index contributed by atoms with van der Waals surface area (Å²) in [5, 5.41) is 2.66. The second kappa shape index (κ2) is 5.57. The fourth-order valence-corrected chi connectivity index (χ4v) is 2.05. The zero-order valence-corrected chi connectivity index (χ0v) is 11.4. The average molecular weight is 268 g/mol. The standard InChI is InChI=1S/C16H16N2O2/c1-10-4-3-5-14(17)15(10)16(20)12-6-8-13(9-7-12)18-11(2)19/h3-9H,17H2,1-2H3,(H,18,19). The van der Waals surface area contributed by atoms with Crippen molar-refractivity contribution in [1.29, 1.82) is 0 Å². The minimum absolute atomic E-state index is 0.116. The molecule has 0 radical (unpaired) electrons. The summed E-state index contributed by atoms with van der Waals surface area (Å²) < 4.78 is 0. The van der Waals surface area contributed by atoms with E-state index in [4.69, 9.17) is 5.73 Å². The normalized spacial score (nSPS) is 10.1. The van der Waals surface area contributed by atoms with Crippen molar-refractivity contribution >= 4 is 23.1 Å². The number of ketones is 1. The molecule has 4 nitrogen and oxygen atoms in total. The summed E-state index contributed by atoms with van der Waals surface area (Å²) in [4.78, 5) is 23.4. The van der Waals surface area contributed by atoms with Crippen LogP contribution in [-0.2, 0) is 4.79 Å². The molecule has 3 N–H and O–H groups in total. The third kappa shape index (κ3) is 2.85. The second-order valence-corrected chi connectivity index (χ2v) is 4.63. The van der Waals surface area contributed by atoms with Crippen LogP contribution in [-0.4, -0.2) is 11.7 Å². The molecule has 0 aromatic heterocycles. The van der Waals surface area contributed by atoms with Crippen molar-refractivity contribution in [3.8, 4) is 0 Å². The van der Waals surface area contributed by atoms with Crippen LogP contribution >= 0.6 is 0 Å². The highest BCUT2D eigenvalue weighted by molar-refractivity contribution is 6.13. The van der Waals surface area contributed by atoms with Gasteiger partial charge in [-0.1, -0.05) is 12.1 Å². The van der Waals surface area contributed by atoms with Crippen LogP contribution < -0.4 is 11.1 Å². The lowest BCUT2D eigenvalue weighted by molar-refractivity contribution is -0.114. The monoisotopic (exact) mass is 268 g/mol. The summed E-state index contributed by atoms with van der Waals surface area (Å²) in [5.41, 5.74) is 8.93. The van der Waals surface area contributed by atoms with E-state index >= 15 is 0 Å². The molecule has 0 heterocycles. The number of carbonyl (C=O) groups is 2. The molecule has 0 spiro atoms. The summed E-state index contributed by atoms with van der Waals surface area (Å²) in [6, 6.07) is 12.1. The van der Waals surface area contributed by atoms with Gasteiger partial charge in [0.2, 0.25) is 5.91 Å². The number of hydrogen-bond acceptors (Lipinski definition) is 3. The Kier molecular flexibility index (Phi) is 3.84. The third-order valence-electron chi connectivity index (χ3n) is 3.00. The molecule has 0 saturated carbocycles. The Balaban J connectivity index is 2.32. The Bertz CT molecular complexity index is 640. The molecule has 0 atom stereocenters. The minimum Gasteiger partial charge on any atom is -0.398 e. The molecule has 4 heteroatoms. The lowest BCUT2D eigenvalue weighted by Gasteiger charge is -2.09. The second-order valence-electron chi connectivity index (χ2n) is 4.63. The highest BCUT2D eigenvalue weighted by Gasteiger charge is 2.14. The SMILES string of the molecule is CC(=O)Nc1ccc(C(=O)c2c(C)cccc2N)cc1. The maximum atomic E-state index is 12.5. The third-order valence-corrected chi connectivity index (χ3v) is 3.00. The number of nitrogens with one attached hydrogen (secondary N) is 1. The molecule has 2 aromatic rings. The van der Waals surface area contributed by atoms with Crippen molar-refractivity contribution in [1.82, 2.24) is 0 Å². The van der Waals surface area contributed by atoms with Gasteiger partial charge in [0.25, 0.3) is 0 Å². The van der Waals surface area contributed by atoms with Gasteiger partial charge in [-0.05, 0) is 42.8 Å². The molecule has 2 rings (SSSR count). The van der Waals surface area contributed by atoms with E-state index in [1.54, 1.807) is 30.3 Å². The van der Waals surface area contributed by atoms with Crippen LogP contribution in [0.5, 0.6) is 0 Å². The average Bonchev–Trinajstić information content (AvgIpc) is 2.38. The number of nitrogens with two attached hydrogens (primary N) is 1. The van der Waals surface area contributed by atoms with Crippen LogP contribution in [0.1, 0.15) is 28.4 Å². The van der Waals surface area contributed by atoms with Crippen molar-refractivity contribution in [3.05, 3.63) is 59.2 Å². The zero-order valence-electron chi connectivity index (χ0n) is 11.4. The molecule has 2 aromatic carbocycles. The number of benzene rings is 2. The van der Waals surface area contributed by atoms with Gasteiger partial charge in [-0.3, -0.25) is 9.59 Å². The number of nitrogen functional groups attached to an aromatic ring is 1. The Morgan fingerprint density at radius 1 is 1.05 bits per heavy atom. The van der Waals surface area contributed by atoms with Crippen molar-refractivity contribution in [2.24, 2.45) is 0 Å². The van der Waals surface area contributed by atoms with Crippen molar-refractivity contribution in [2.45, 2.75) is 13.8 Å². The number of rotatable bonds is 3. The van der Waals surface area contributed by atoms with E-state index in [1.165, 1.54) is 6.92 Å². The molecule has 102 valence electrons. The summed E-state index contributed by atoms with van der Waals surface area (Å²) in [7, 11) is 0. The van der Waals surface area contributed by atoms with Crippen molar-refractivity contribution < 1.29 is 9.59 Å². The number of amides is 1. The number of aryl methyl sites for hydroxylation is 1. The molecule has 20 heavy (non-hydrogen) atoms. The summed E-state index contributed by atoms with van der Waals surface area (Å²) in [5.74, 6) is -0.262. The topological polar surface area (TPSA) is 72.2 Å². The first kappa shape index (κ1) is 13.8. The van der Waals surface area contributed by atoms with Crippen LogP contribution in [0.25, 0.3) is 0 Å². The van der Waals surface area contributed by atoms with Gasteiger partial charge in [-0.2, -0.15) is 0 Å². The first-order valence-electron chi connectivity index (χ1n) is 6.26. The first-order chi connectivity index (χ1) is 9.49. The minimum atomic E-state index is -0.146. The molecule has 0 saturated heterocycles. The molecular formula is C16H16N2O2. The fraction of sp³-hybridized carbons (Fsp3) is 0.125. The van der Waals surface area contributed by atoms with Gasteiger partial charge in [-0.25, -0.2) is 0 Å². The van der Waals surface area contributed by atoms with E-state index in [-0.39, 0.29) is 11.7 Å². The molecule has 0 aliphatic carbocycles. The Hall–Kier alpha value is -2.62. The van der Waals surface area contributed by atoms with Gasteiger partial charge in [0.05, 0.1) is 0 Å². The molecule has 0 aliphatic rings. The predicted octanol–water partition coefficient (Wildman–Crippen LogP) is 2.77. The van der Waals surface area contributed by atoms with E-state index in [2.05, 4.69) is 5.32 Å². The molecule has 1 amide bonds. The largest absolute Gasteiger partial charge is 0.398 e. The van der Waals surface area contributed by atoms with Gasteiger partial charge < -0.3 is 11.1 Å². The van der Waals surface area contributed by atoms with Crippen molar-refractivity contribution in [3.63, 3.8) is 0 Å². The lowest BCUT2D eigenvalue weighted by Crippen LogP contribution is -2.09. The van der Waals surface area contributed by atoms with E-state index < -0.39 is 0 Å². The molecular weight excluding hydrogens is 252 g/mol. The van der Waals surface area contributed by atoms with Crippen LogP contribution in [0.2, 0.25) is 0 Å². The van der Waals surface area contributed by atoms with Crippen LogP contribution in [0.4, 0.5) is 11.4 Å². The summed E-state index contributed by atoms with van der Waals surface area (Å²) in [6.07, 6.45) is 0. The van der Waals surface area contributed by atoms with Gasteiger partial charge >= 0.3 is 0 Å². The maximum absolute atomic E-state index is 12.5. The molecule has 0 bridgehead atoms. The summed E-state index contributed by atoms with van der Waals surface area (Å²) >= 11 is 0. The summed E-state index contributed by atoms with van der Waals surface area (Å²) in [6.45, 7) is 3.29. The van der Waals surface area contributed by atoms with Crippen LogP contribution in [0, 0.1) is 6.92 Å². The quantitative estimate of drug-likeness (QED) is 0.664. The van der Waals surface area contributed by atoms with Gasteiger partial charge in [0, 0.05) is 29.4 Å². The predicted molar refractivity (Wildman–Crippen MR) is 79.8 cm³/mol. The lowest BCUT2D eigenvalue weighted by atomic mass is 9.97. The van der Waals surface area contributed by atoms with E-state index in [0.717, 1.165) is 5.56 Å². The first-order valence-corrected chi connectivity index (χ1v) is 6.26. The molecule has 0 fully saturated rings. The van der Waals surface area contributed by atoms with Gasteiger partial charge in [-0.15, -0.1) is 0 Å². The Morgan fingerprint density at radius 2 is 1.70 bits per heavy atom. The highest BCUT2D eigenvalue weighted by atomic mass is 16.1. The van der Waals surface area contributed by atoms with Gasteiger partial charge in [0.15, 0.2) is 5.78 Å². The van der Waals surface area contributed by atoms with E-state index in [9.17, 15) is 9.59 Å². The van der Waals surface area contributed by atoms with Crippen LogP contribution in [0.15, 0.2) is 42.5 Å². The van der Waals surface area contributed by atoms with E-state index in [1.807, 2.05) is 19.1 Å². The number of hydrogen-bond donors (Lipinski definition) is 2. The van der Waals surface area contributed by atoms with Gasteiger partial charge in [0.1, 0.15) is 0 Å². The Labute approximate surface area is 117 Å². The zero-order chi connectivity index (χ0) is 14.7. The fourth-order valence-electron chi connectivity index (χ4n) is 2.05. The number of carbonyl (C=O) groups excluding carboxylic acids is 2. The van der Waals surface area contributed by atoms with Crippen LogP contribution in [0.3, 0.4) is 0 Å². The number of anilines is 2. The van der Waals surface area contributed by atoms with E-state index in [0.29, 0.717) is 22.5 Å². The highest BCUT2D eigenvalue weighted by Crippen LogP contribution is 2.21. The smallest absolute Gasteiger partial charge is 0.221 e. The molecule has 0 aliphatic heterocycles. The van der Waals surface area contributed by atoms with Crippen molar-refractivity contribution in [2.75, 3.05) is 11.1 Å². The molecule has 0 unspecified atom stereocenters. The maximum Gasteiger partial charge on any atom is 0.221 e. The Morgan fingerprint density at radius 3 is 2.25 bits per heavy atom.